The first-order valence-corrected chi connectivity index (χ1v) is 8.72. The van der Waals surface area contributed by atoms with Gasteiger partial charge in [0.1, 0.15) is 12.2 Å². The molecule has 0 N–H and O–H groups in total. The van der Waals surface area contributed by atoms with E-state index in [1.54, 1.807) is 26.0 Å². The number of hydrogen-bond acceptors (Lipinski definition) is 5. The van der Waals surface area contributed by atoms with Crippen molar-refractivity contribution in [2.24, 2.45) is 23.7 Å². The van der Waals surface area contributed by atoms with Gasteiger partial charge in [0.15, 0.2) is 5.78 Å². The minimum Gasteiger partial charge on any atom is -0.458 e. The van der Waals surface area contributed by atoms with Gasteiger partial charge in [-0.1, -0.05) is 25.2 Å². The number of carbonyl (C=O) groups excluding carboxylic acids is 3. The van der Waals surface area contributed by atoms with Crippen LogP contribution in [0.25, 0.3) is 0 Å². The fourth-order valence-corrected chi connectivity index (χ4v) is 4.44. The van der Waals surface area contributed by atoms with E-state index in [0.29, 0.717) is 17.6 Å². The van der Waals surface area contributed by atoms with Crippen LogP contribution in [0, 0.1) is 23.7 Å². The number of allylic oxidation sites excluding steroid dienone is 2. The molecule has 0 aromatic heterocycles. The molecule has 1 saturated carbocycles. The molecule has 0 bridgehead atoms. The lowest BCUT2D eigenvalue weighted by Crippen LogP contribution is -2.36. The normalized spacial score (nSPS) is 37.8. The van der Waals surface area contributed by atoms with Crippen molar-refractivity contribution in [3.05, 3.63) is 35.5 Å². The van der Waals surface area contributed by atoms with Crippen molar-refractivity contribution >= 4 is 17.7 Å². The van der Waals surface area contributed by atoms with Crippen LogP contribution in [0.15, 0.2) is 35.5 Å². The van der Waals surface area contributed by atoms with Crippen LogP contribution in [-0.2, 0) is 23.9 Å². The van der Waals surface area contributed by atoms with Gasteiger partial charge in [-0.25, -0.2) is 9.59 Å². The standard InChI is InChI=1S/C20H24O5/c1-6-9(2)19(22)24-14-8-11(4)15-13(21)7-10(3)16(15)18-17(14)12(5)20(23)25-18/h6-7,11,14-18H,5,8H2,1-4H3. The number of ether oxygens (including phenoxy) is 2. The van der Waals surface area contributed by atoms with Gasteiger partial charge in [-0.3, -0.25) is 4.79 Å². The summed E-state index contributed by atoms with van der Waals surface area (Å²) in [5.74, 6) is -1.59. The Hall–Kier alpha value is -2.17. The van der Waals surface area contributed by atoms with Gasteiger partial charge >= 0.3 is 11.9 Å². The summed E-state index contributed by atoms with van der Waals surface area (Å²) in [6.07, 6.45) is 2.84. The van der Waals surface area contributed by atoms with Crippen LogP contribution in [0.1, 0.15) is 34.1 Å². The average molecular weight is 344 g/mol. The van der Waals surface area contributed by atoms with E-state index in [1.165, 1.54) is 0 Å². The number of hydrogen-bond donors (Lipinski definition) is 0. The summed E-state index contributed by atoms with van der Waals surface area (Å²) >= 11 is 0. The van der Waals surface area contributed by atoms with Crippen LogP contribution in [0.3, 0.4) is 0 Å². The first kappa shape index (κ1) is 17.6. The van der Waals surface area contributed by atoms with E-state index in [4.69, 9.17) is 9.47 Å². The molecule has 0 radical (unpaired) electrons. The van der Waals surface area contributed by atoms with Gasteiger partial charge < -0.3 is 9.47 Å². The molecule has 2 fully saturated rings. The van der Waals surface area contributed by atoms with Gasteiger partial charge in [-0.05, 0) is 39.2 Å². The summed E-state index contributed by atoms with van der Waals surface area (Å²) in [6.45, 7) is 11.2. The molecule has 3 rings (SSSR count). The predicted molar refractivity (Wildman–Crippen MR) is 91.3 cm³/mol. The molecule has 5 heteroatoms. The van der Waals surface area contributed by atoms with Gasteiger partial charge in [-0.2, -0.15) is 0 Å². The molecular weight excluding hydrogens is 320 g/mol. The van der Waals surface area contributed by atoms with E-state index in [0.717, 1.165) is 5.57 Å². The molecule has 3 aliphatic rings. The highest BCUT2D eigenvalue weighted by Crippen LogP contribution is 2.50. The Kier molecular flexibility index (Phi) is 4.43. The first-order valence-electron chi connectivity index (χ1n) is 8.72. The van der Waals surface area contributed by atoms with Gasteiger partial charge in [0.2, 0.25) is 0 Å². The minimum absolute atomic E-state index is 0.0204. The second-order valence-corrected chi connectivity index (χ2v) is 7.39. The molecule has 0 spiro atoms. The second kappa shape index (κ2) is 6.28. The van der Waals surface area contributed by atoms with Crippen LogP contribution in [0.5, 0.6) is 0 Å². The summed E-state index contributed by atoms with van der Waals surface area (Å²) in [5.41, 5.74) is 1.77. The maximum absolute atomic E-state index is 12.5. The maximum atomic E-state index is 12.5. The summed E-state index contributed by atoms with van der Waals surface area (Å²) in [6, 6.07) is 0. The molecule has 5 nitrogen and oxygen atoms in total. The summed E-state index contributed by atoms with van der Waals surface area (Å²) < 4.78 is 11.3. The highest BCUT2D eigenvalue weighted by atomic mass is 16.6. The van der Waals surface area contributed by atoms with Gasteiger partial charge in [0, 0.05) is 23.0 Å². The largest absolute Gasteiger partial charge is 0.458 e. The summed E-state index contributed by atoms with van der Waals surface area (Å²) in [4.78, 5) is 36.9. The maximum Gasteiger partial charge on any atom is 0.334 e. The van der Waals surface area contributed by atoms with E-state index >= 15 is 0 Å². The number of esters is 2. The first-order chi connectivity index (χ1) is 11.8. The lowest BCUT2D eigenvalue weighted by molar-refractivity contribution is -0.148. The molecule has 2 aliphatic carbocycles. The van der Waals surface area contributed by atoms with E-state index in [1.807, 2.05) is 13.8 Å². The smallest absolute Gasteiger partial charge is 0.334 e. The number of ketones is 1. The second-order valence-electron chi connectivity index (χ2n) is 7.39. The van der Waals surface area contributed by atoms with E-state index in [2.05, 4.69) is 6.58 Å². The molecule has 0 aromatic carbocycles. The van der Waals surface area contributed by atoms with Crippen molar-refractivity contribution in [2.75, 3.05) is 0 Å². The van der Waals surface area contributed by atoms with Crippen LogP contribution in [0.2, 0.25) is 0 Å². The molecule has 6 atom stereocenters. The van der Waals surface area contributed by atoms with Crippen molar-refractivity contribution < 1.29 is 23.9 Å². The van der Waals surface area contributed by atoms with Crippen LogP contribution in [0.4, 0.5) is 0 Å². The average Bonchev–Trinajstić information content (AvgIpc) is 2.96. The quantitative estimate of drug-likeness (QED) is 0.569. The topological polar surface area (TPSA) is 69.7 Å². The lowest BCUT2D eigenvalue weighted by atomic mass is 9.78. The fourth-order valence-electron chi connectivity index (χ4n) is 4.44. The zero-order chi connectivity index (χ0) is 18.5. The lowest BCUT2D eigenvalue weighted by Gasteiger charge is -2.28. The summed E-state index contributed by atoms with van der Waals surface area (Å²) in [5, 5.41) is 0. The molecule has 134 valence electrons. The molecule has 1 saturated heterocycles. The predicted octanol–water partition coefficient (Wildman–Crippen LogP) is 2.76. The third-order valence-corrected chi connectivity index (χ3v) is 5.86. The molecular formula is C20H24O5. The molecule has 1 heterocycles. The van der Waals surface area contributed by atoms with Gasteiger partial charge in [-0.15, -0.1) is 0 Å². The molecule has 0 aromatic rings. The highest BCUT2D eigenvalue weighted by Gasteiger charge is 2.57. The fraction of sp³-hybridized carbons (Fsp3) is 0.550. The Morgan fingerprint density at radius 1 is 1.32 bits per heavy atom. The van der Waals surface area contributed by atoms with Crippen molar-refractivity contribution in [2.45, 2.75) is 46.3 Å². The van der Waals surface area contributed by atoms with Crippen LogP contribution < -0.4 is 0 Å². The van der Waals surface area contributed by atoms with Crippen molar-refractivity contribution in [1.29, 1.82) is 0 Å². The number of rotatable bonds is 2. The van der Waals surface area contributed by atoms with E-state index in [9.17, 15) is 14.4 Å². The Morgan fingerprint density at radius 2 is 2.00 bits per heavy atom. The van der Waals surface area contributed by atoms with Crippen molar-refractivity contribution in [3.63, 3.8) is 0 Å². The summed E-state index contributed by atoms with van der Waals surface area (Å²) in [7, 11) is 0. The van der Waals surface area contributed by atoms with E-state index in [-0.39, 0.29) is 23.5 Å². The Bertz CT molecular complexity index is 714. The molecule has 0 amide bonds. The highest BCUT2D eigenvalue weighted by molar-refractivity contribution is 5.97. The van der Waals surface area contributed by atoms with Crippen molar-refractivity contribution in [3.8, 4) is 0 Å². The monoisotopic (exact) mass is 344 g/mol. The molecule has 1 aliphatic heterocycles. The minimum atomic E-state index is -0.521. The van der Waals surface area contributed by atoms with Gasteiger partial charge in [0.05, 0.1) is 5.92 Å². The molecule has 6 unspecified atom stereocenters. The SMILES string of the molecule is C=C1C(=O)OC2C1C(OC(=O)C(C)=CC)CC(C)C1C(=O)C=C(C)C21. The third-order valence-electron chi connectivity index (χ3n) is 5.86. The zero-order valence-corrected chi connectivity index (χ0v) is 15.1. The molecule has 25 heavy (non-hydrogen) atoms. The Labute approximate surface area is 147 Å². The Morgan fingerprint density at radius 3 is 2.64 bits per heavy atom. The number of fused-ring (bicyclic) bond motifs is 3. The van der Waals surface area contributed by atoms with E-state index < -0.39 is 30.1 Å². The van der Waals surface area contributed by atoms with Gasteiger partial charge in [0.25, 0.3) is 0 Å². The van der Waals surface area contributed by atoms with Crippen LogP contribution >= 0.6 is 0 Å². The zero-order valence-electron chi connectivity index (χ0n) is 15.1. The third kappa shape index (κ3) is 2.75. The van der Waals surface area contributed by atoms with Crippen LogP contribution in [-0.4, -0.2) is 29.9 Å². The van der Waals surface area contributed by atoms with Crippen molar-refractivity contribution in [1.82, 2.24) is 0 Å². The number of carbonyl (C=O) groups is 3. The Balaban J connectivity index is 1.99.